The van der Waals surface area contributed by atoms with Gasteiger partial charge in [0.1, 0.15) is 5.75 Å². The average Bonchev–Trinajstić information content (AvgIpc) is 2.63. The first-order valence-electron chi connectivity index (χ1n) is 9.29. The predicted molar refractivity (Wildman–Crippen MR) is 99.6 cm³/mol. The summed E-state index contributed by atoms with van der Waals surface area (Å²) >= 11 is 0. The van der Waals surface area contributed by atoms with Crippen molar-refractivity contribution in [2.45, 2.75) is 39.0 Å². The van der Waals surface area contributed by atoms with Gasteiger partial charge in [-0.2, -0.15) is 0 Å². The second-order valence-electron chi connectivity index (χ2n) is 7.86. The van der Waals surface area contributed by atoms with Crippen molar-refractivity contribution in [3.63, 3.8) is 0 Å². The molecule has 2 aliphatic rings. The number of carbonyl (C=O) groups excluding carboxylic acids is 2. The Bertz CT molecular complexity index is 675. The maximum absolute atomic E-state index is 12.4. The summed E-state index contributed by atoms with van der Waals surface area (Å²) in [6.45, 7) is 9.55. The smallest absolute Gasteiger partial charge is 0.265 e. The monoisotopic (exact) mass is 360 g/mol. The number of morpholine rings is 1. The van der Waals surface area contributed by atoms with E-state index < -0.39 is 0 Å². The third kappa shape index (κ3) is 4.18. The van der Waals surface area contributed by atoms with Gasteiger partial charge in [-0.3, -0.25) is 9.59 Å². The van der Waals surface area contributed by atoms with Crippen molar-refractivity contribution in [1.82, 2.24) is 4.90 Å². The number of rotatable bonds is 4. The van der Waals surface area contributed by atoms with Crippen molar-refractivity contribution in [2.24, 2.45) is 0 Å². The Balaban J connectivity index is 1.66. The van der Waals surface area contributed by atoms with E-state index in [0.717, 1.165) is 17.0 Å². The predicted octanol–water partition coefficient (Wildman–Crippen LogP) is 2.35. The molecule has 0 aliphatic carbocycles. The molecule has 0 radical (unpaired) electrons. The molecule has 3 rings (SSSR count). The highest BCUT2D eigenvalue weighted by molar-refractivity contribution is 5.98. The zero-order valence-electron chi connectivity index (χ0n) is 15.9. The topological polar surface area (TPSA) is 59.1 Å². The van der Waals surface area contributed by atoms with Gasteiger partial charge in [0, 0.05) is 26.1 Å². The van der Waals surface area contributed by atoms with Gasteiger partial charge >= 0.3 is 0 Å². The molecule has 6 nitrogen and oxygen atoms in total. The third-order valence-electron chi connectivity index (χ3n) is 4.90. The molecule has 0 N–H and O–H groups in total. The molecule has 1 fully saturated rings. The van der Waals surface area contributed by atoms with Crippen molar-refractivity contribution in [3.05, 3.63) is 23.8 Å². The summed E-state index contributed by atoms with van der Waals surface area (Å²) in [6, 6.07) is 6.03. The SMILES string of the molecule is CC(C)(C)c1ccc2c(c1)N(CCCC(=O)N1CCOCC1)C(=O)CO2. The largest absolute Gasteiger partial charge is 0.482 e. The molecule has 1 aromatic carbocycles. The van der Waals surface area contributed by atoms with Crippen molar-refractivity contribution >= 4 is 17.5 Å². The molecule has 0 unspecified atom stereocenters. The van der Waals surface area contributed by atoms with Crippen LogP contribution in [0.25, 0.3) is 0 Å². The molecule has 142 valence electrons. The highest BCUT2D eigenvalue weighted by atomic mass is 16.5. The van der Waals surface area contributed by atoms with Gasteiger partial charge in [-0.15, -0.1) is 0 Å². The Morgan fingerprint density at radius 1 is 1.19 bits per heavy atom. The van der Waals surface area contributed by atoms with E-state index in [0.29, 0.717) is 45.7 Å². The normalized spacial score (nSPS) is 17.7. The number of ether oxygens (including phenoxy) is 2. The molecule has 2 aliphatic heterocycles. The number of hydrogen-bond donors (Lipinski definition) is 0. The van der Waals surface area contributed by atoms with Gasteiger partial charge in [-0.1, -0.05) is 26.8 Å². The highest BCUT2D eigenvalue weighted by Crippen LogP contribution is 2.36. The van der Waals surface area contributed by atoms with E-state index in [2.05, 4.69) is 26.8 Å². The van der Waals surface area contributed by atoms with Crippen molar-refractivity contribution < 1.29 is 19.1 Å². The van der Waals surface area contributed by atoms with Crippen LogP contribution in [0, 0.1) is 0 Å². The first-order valence-corrected chi connectivity index (χ1v) is 9.29. The highest BCUT2D eigenvalue weighted by Gasteiger charge is 2.27. The summed E-state index contributed by atoms with van der Waals surface area (Å²) < 4.78 is 10.9. The lowest BCUT2D eigenvalue weighted by atomic mass is 9.86. The Morgan fingerprint density at radius 2 is 1.92 bits per heavy atom. The van der Waals surface area contributed by atoms with Crippen LogP contribution < -0.4 is 9.64 Å². The fourth-order valence-electron chi connectivity index (χ4n) is 3.27. The summed E-state index contributed by atoms with van der Waals surface area (Å²) in [7, 11) is 0. The minimum Gasteiger partial charge on any atom is -0.482 e. The van der Waals surface area contributed by atoms with Crippen LogP contribution in [0.3, 0.4) is 0 Å². The van der Waals surface area contributed by atoms with Gasteiger partial charge < -0.3 is 19.3 Å². The second-order valence-corrected chi connectivity index (χ2v) is 7.86. The van der Waals surface area contributed by atoms with E-state index >= 15 is 0 Å². The van der Waals surface area contributed by atoms with E-state index in [4.69, 9.17) is 9.47 Å². The number of fused-ring (bicyclic) bond motifs is 1. The molecular weight excluding hydrogens is 332 g/mol. The standard InChI is InChI=1S/C20H28N2O4/c1-20(2,3)15-6-7-17-16(13-15)22(19(24)14-26-17)8-4-5-18(23)21-9-11-25-12-10-21/h6-7,13H,4-5,8-12,14H2,1-3H3. The lowest BCUT2D eigenvalue weighted by Crippen LogP contribution is -2.42. The molecule has 1 aromatic rings. The Hall–Kier alpha value is -2.08. The Kier molecular flexibility index (Phi) is 5.51. The minimum atomic E-state index is -0.0534. The molecule has 0 saturated carbocycles. The van der Waals surface area contributed by atoms with Gasteiger partial charge in [0.2, 0.25) is 5.91 Å². The van der Waals surface area contributed by atoms with Crippen LogP contribution in [0.15, 0.2) is 18.2 Å². The molecule has 26 heavy (non-hydrogen) atoms. The summed E-state index contributed by atoms with van der Waals surface area (Å²) in [6.07, 6.45) is 1.08. The summed E-state index contributed by atoms with van der Waals surface area (Å²) in [5.41, 5.74) is 1.96. The maximum atomic E-state index is 12.4. The zero-order valence-corrected chi connectivity index (χ0v) is 15.9. The number of benzene rings is 1. The van der Waals surface area contributed by atoms with E-state index in [1.807, 2.05) is 17.0 Å². The number of amides is 2. The number of nitrogens with zero attached hydrogens (tertiary/aromatic N) is 2. The summed E-state index contributed by atoms with van der Waals surface area (Å²) in [5.74, 6) is 0.817. The lowest BCUT2D eigenvalue weighted by Gasteiger charge is -2.32. The average molecular weight is 360 g/mol. The molecular formula is C20H28N2O4. The molecule has 0 spiro atoms. The molecule has 0 bridgehead atoms. The molecule has 2 heterocycles. The third-order valence-corrected chi connectivity index (χ3v) is 4.90. The van der Waals surface area contributed by atoms with Gasteiger partial charge in [0.15, 0.2) is 6.61 Å². The van der Waals surface area contributed by atoms with Crippen LogP contribution in [0.5, 0.6) is 5.75 Å². The van der Waals surface area contributed by atoms with Crippen LogP contribution in [0.4, 0.5) is 5.69 Å². The number of hydrogen-bond acceptors (Lipinski definition) is 4. The molecule has 1 saturated heterocycles. The summed E-state index contributed by atoms with van der Waals surface area (Å²) in [4.78, 5) is 28.3. The Labute approximate surface area is 155 Å². The van der Waals surface area contributed by atoms with E-state index in [-0.39, 0.29) is 23.8 Å². The minimum absolute atomic E-state index is 0.00645. The second kappa shape index (κ2) is 7.66. The number of anilines is 1. The van der Waals surface area contributed by atoms with Gasteiger partial charge in [0.05, 0.1) is 18.9 Å². The van der Waals surface area contributed by atoms with E-state index in [9.17, 15) is 9.59 Å². The lowest BCUT2D eigenvalue weighted by molar-refractivity contribution is -0.135. The zero-order chi connectivity index (χ0) is 18.7. The molecule has 0 aromatic heterocycles. The van der Waals surface area contributed by atoms with E-state index in [1.165, 1.54) is 0 Å². The van der Waals surface area contributed by atoms with Crippen molar-refractivity contribution in [1.29, 1.82) is 0 Å². The van der Waals surface area contributed by atoms with Crippen LogP contribution in [0.1, 0.15) is 39.2 Å². The fraction of sp³-hybridized carbons (Fsp3) is 0.600. The van der Waals surface area contributed by atoms with Crippen LogP contribution in [-0.2, 0) is 19.7 Å². The van der Waals surface area contributed by atoms with E-state index in [1.54, 1.807) is 4.90 Å². The number of carbonyl (C=O) groups is 2. The Morgan fingerprint density at radius 3 is 2.62 bits per heavy atom. The first kappa shape index (κ1) is 18.7. The van der Waals surface area contributed by atoms with Gasteiger partial charge in [-0.05, 0) is 29.5 Å². The fourth-order valence-corrected chi connectivity index (χ4v) is 3.27. The quantitative estimate of drug-likeness (QED) is 0.827. The molecule has 6 heteroatoms. The van der Waals surface area contributed by atoms with Crippen LogP contribution in [-0.4, -0.2) is 56.2 Å². The van der Waals surface area contributed by atoms with Crippen molar-refractivity contribution in [2.75, 3.05) is 44.4 Å². The van der Waals surface area contributed by atoms with Crippen LogP contribution >= 0.6 is 0 Å². The van der Waals surface area contributed by atoms with Crippen molar-refractivity contribution in [3.8, 4) is 5.75 Å². The van der Waals surface area contributed by atoms with Gasteiger partial charge in [-0.25, -0.2) is 0 Å². The van der Waals surface area contributed by atoms with Gasteiger partial charge in [0.25, 0.3) is 5.91 Å². The first-order chi connectivity index (χ1) is 12.4. The molecule has 0 atom stereocenters. The van der Waals surface area contributed by atoms with Crippen LogP contribution in [0.2, 0.25) is 0 Å². The maximum Gasteiger partial charge on any atom is 0.265 e. The summed E-state index contributed by atoms with van der Waals surface area (Å²) in [5, 5.41) is 0. The molecule has 2 amide bonds.